The van der Waals surface area contributed by atoms with Gasteiger partial charge in [-0.05, 0) is 74.5 Å². The Kier molecular flexibility index (Phi) is 5.23. The zero-order valence-electron chi connectivity index (χ0n) is 20.3. The Morgan fingerprint density at radius 1 is 1.19 bits per heavy atom. The van der Waals surface area contributed by atoms with Crippen LogP contribution in [0.1, 0.15) is 70.2 Å². The molecule has 3 aromatic rings. The van der Waals surface area contributed by atoms with Crippen LogP contribution in [0.3, 0.4) is 0 Å². The summed E-state index contributed by atoms with van der Waals surface area (Å²) in [4.78, 5) is 35.3. The number of hydrogen-bond acceptors (Lipinski definition) is 7. The van der Waals surface area contributed by atoms with Gasteiger partial charge in [0.25, 0.3) is 5.91 Å². The average Bonchev–Trinajstić information content (AvgIpc) is 3.74. The fraction of sp³-hybridized carbons (Fsp3) is 0.519. The molecule has 1 unspecified atom stereocenters. The molecule has 1 spiro atoms. The number of Topliss-reactive ketones (excluding diaryl/α,β-unsaturated/α-hetero) is 1. The first-order valence-corrected chi connectivity index (χ1v) is 13.9. The Hall–Kier alpha value is -3.07. The zero-order valence-corrected chi connectivity index (χ0v) is 21.1. The number of pyridine rings is 1. The van der Waals surface area contributed by atoms with Gasteiger partial charge in [-0.1, -0.05) is 0 Å². The highest BCUT2D eigenvalue weighted by Gasteiger charge is 2.49. The summed E-state index contributed by atoms with van der Waals surface area (Å²) in [5.41, 5.74) is 3.23. The number of hydrogen-bond donors (Lipinski definition) is 1. The van der Waals surface area contributed by atoms with Gasteiger partial charge in [0, 0.05) is 47.4 Å². The van der Waals surface area contributed by atoms with Crippen molar-refractivity contribution in [3.63, 3.8) is 0 Å². The number of fused-ring (bicyclic) bond motifs is 1. The molecule has 0 radical (unpaired) electrons. The standard InChI is InChI=1S/C27H30N6O2S/c34-21(17-3-4-17)13-23-24(25(35)32-11-9-27(15-32)7-8-27)20-12-19(5-6-22(20)36-23)33-16-29-31-26(33)30-18-2-1-10-28-14-18/h1-2,10,14,16-17,19H,3-9,11-13,15H2,(H,30,31). The SMILES string of the molecule is O=C(Cc1sc2c(c1C(=O)N1CCC3(CC3)C1)CC(n1cnnc1Nc1cccnc1)CC2)C1CC1. The molecule has 0 bridgehead atoms. The number of nitrogens with one attached hydrogen (secondary N) is 1. The number of carbonyl (C=O) groups is 2. The number of anilines is 2. The van der Waals surface area contributed by atoms with Gasteiger partial charge in [-0.25, -0.2) is 0 Å². The van der Waals surface area contributed by atoms with E-state index in [4.69, 9.17) is 0 Å². The Balaban J connectivity index is 1.19. The molecule has 3 aromatic heterocycles. The van der Waals surface area contributed by atoms with Crippen LogP contribution in [0.25, 0.3) is 0 Å². The van der Waals surface area contributed by atoms with Crippen LogP contribution in [-0.2, 0) is 24.1 Å². The Labute approximate surface area is 214 Å². The number of nitrogens with zero attached hydrogens (tertiary/aromatic N) is 5. The first-order valence-electron chi connectivity index (χ1n) is 13.1. The van der Waals surface area contributed by atoms with Crippen molar-refractivity contribution in [2.45, 2.75) is 63.8 Å². The molecule has 3 fully saturated rings. The third kappa shape index (κ3) is 4.03. The molecule has 1 amide bonds. The highest BCUT2D eigenvalue weighted by atomic mass is 32.1. The number of carbonyl (C=O) groups excluding carboxylic acids is 2. The lowest BCUT2D eigenvalue weighted by Crippen LogP contribution is -2.31. The van der Waals surface area contributed by atoms with Crippen LogP contribution in [0.5, 0.6) is 0 Å². The van der Waals surface area contributed by atoms with Crippen molar-refractivity contribution in [2.75, 3.05) is 18.4 Å². The second kappa shape index (κ2) is 8.50. The first-order chi connectivity index (χ1) is 17.6. The molecule has 0 aromatic carbocycles. The number of thiophene rings is 1. The van der Waals surface area contributed by atoms with Crippen molar-refractivity contribution in [3.05, 3.63) is 51.7 Å². The average molecular weight is 503 g/mol. The lowest BCUT2D eigenvalue weighted by Gasteiger charge is -2.26. The maximum Gasteiger partial charge on any atom is 0.255 e. The highest BCUT2D eigenvalue weighted by Crippen LogP contribution is 2.53. The fourth-order valence-electron chi connectivity index (χ4n) is 5.96. The molecular formula is C27H30N6O2S. The van der Waals surface area contributed by atoms with Gasteiger partial charge >= 0.3 is 0 Å². The molecule has 2 saturated carbocycles. The zero-order chi connectivity index (χ0) is 24.3. The van der Waals surface area contributed by atoms with Crippen molar-refractivity contribution in [1.29, 1.82) is 0 Å². The molecule has 9 heteroatoms. The maximum absolute atomic E-state index is 14.0. The molecule has 8 nitrogen and oxygen atoms in total. The molecule has 36 heavy (non-hydrogen) atoms. The third-order valence-corrected chi connectivity index (χ3v) is 9.75. The summed E-state index contributed by atoms with van der Waals surface area (Å²) in [6.45, 7) is 1.72. The van der Waals surface area contributed by atoms with E-state index in [-0.39, 0.29) is 17.9 Å². The van der Waals surface area contributed by atoms with Gasteiger partial charge in [0.15, 0.2) is 0 Å². The third-order valence-electron chi connectivity index (χ3n) is 8.46. The fourth-order valence-corrected chi connectivity index (χ4v) is 7.31. The van der Waals surface area contributed by atoms with Gasteiger partial charge in [0.05, 0.1) is 17.4 Å². The number of amides is 1. The number of rotatable bonds is 7. The summed E-state index contributed by atoms with van der Waals surface area (Å²) in [5, 5.41) is 11.8. The quantitative estimate of drug-likeness (QED) is 0.516. The lowest BCUT2D eigenvalue weighted by molar-refractivity contribution is -0.119. The van der Waals surface area contributed by atoms with Gasteiger partial charge in [-0.3, -0.25) is 19.1 Å². The first kappa shape index (κ1) is 22.2. The molecule has 186 valence electrons. The lowest BCUT2D eigenvalue weighted by atomic mass is 9.89. The predicted octanol–water partition coefficient (Wildman–Crippen LogP) is 4.36. The molecule has 3 aliphatic carbocycles. The van der Waals surface area contributed by atoms with Crippen LogP contribution in [0.2, 0.25) is 0 Å². The van der Waals surface area contributed by atoms with E-state index < -0.39 is 0 Å². The molecule has 1 aliphatic heterocycles. The van der Waals surface area contributed by atoms with Crippen molar-refractivity contribution >= 4 is 34.7 Å². The van der Waals surface area contributed by atoms with E-state index in [1.807, 2.05) is 12.1 Å². The van der Waals surface area contributed by atoms with E-state index in [1.54, 1.807) is 30.1 Å². The van der Waals surface area contributed by atoms with Crippen molar-refractivity contribution in [2.24, 2.45) is 11.3 Å². The summed E-state index contributed by atoms with van der Waals surface area (Å²) < 4.78 is 2.09. The minimum Gasteiger partial charge on any atom is -0.338 e. The molecule has 1 N–H and O–H groups in total. The van der Waals surface area contributed by atoms with E-state index in [0.29, 0.717) is 23.6 Å². The van der Waals surface area contributed by atoms with Crippen LogP contribution >= 0.6 is 11.3 Å². The predicted molar refractivity (Wildman–Crippen MR) is 137 cm³/mol. The summed E-state index contributed by atoms with van der Waals surface area (Å²) in [7, 11) is 0. The summed E-state index contributed by atoms with van der Waals surface area (Å²) in [6.07, 6.45) is 13.9. The molecule has 7 rings (SSSR count). The van der Waals surface area contributed by atoms with Gasteiger partial charge in [0.2, 0.25) is 5.95 Å². The van der Waals surface area contributed by atoms with Gasteiger partial charge < -0.3 is 10.2 Å². The number of likely N-dealkylation sites (tertiary alicyclic amines) is 1. The van der Waals surface area contributed by atoms with E-state index >= 15 is 0 Å². The maximum atomic E-state index is 14.0. The Morgan fingerprint density at radius 3 is 2.83 bits per heavy atom. The van der Waals surface area contributed by atoms with Crippen LogP contribution < -0.4 is 5.32 Å². The van der Waals surface area contributed by atoms with E-state index in [0.717, 1.165) is 73.3 Å². The molecule has 1 saturated heterocycles. The molecular weight excluding hydrogens is 472 g/mol. The molecule has 1 atom stereocenters. The van der Waals surface area contributed by atoms with Crippen molar-refractivity contribution in [3.8, 4) is 0 Å². The Bertz CT molecular complexity index is 1320. The van der Waals surface area contributed by atoms with Crippen molar-refractivity contribution < 1.29 is 9.59 Å². The second-order valence-corrected chi connectivity index (χ2v) is 12.2. The number of aromatic nitrogens is 4. The van der Waals surface area contributed by atoms with Crippen molar-refractivity contribution in [1.82, 2.24) is 24.6 Å². The van der Waals surface area contributed by atoms with Crippen LogP contribution in [-0.4, -0.2) is 49.4 Å². The smallest absolute Gasteiger partial charge is 0.255 e. The summed E-state index contributed by atoms with van der Waals surface area (Å²) >= 11 is 1.71. The van der Waals surface area contributed by atoms with E-state index in [1.165, 1.54) is 17.7 Å². The van der Waals surface area contributed by atoms with Crippen LogP contribution in [0.15, 0.2) is 30.9 Å². The molecule has 4 aliphatic rings. The van der Waals surface area contributed by atoms with Crippen LogP contribution in [0, 0.1) is 11.3 Å². The summed E-state index contributed by atoms with van der Waals surface area (Å²) in [5.74, 6) is 1.34. The normalized spacial score (nSPS) is 22.0. The largest absolute Gasteiger partial charge is 0.338 e. The Morgan fingerprint density at radius 2 is 2.08 bits per heavy atom. The van der Waals surface area contributed by atoms with E-state index in [2.05, 4.69) is 30.0 Å². The second-order valence-electron chi connectivity index (χ2n) is 11.0. The number of aryl methyl sites for hydroxylation is 1. The minimum absolute atomic E-state index is 0.146. The highest BCUT2D eigenvalue weighted by molar-refractivity contribution is 7.12. The molecule has 4 heterocycles. The monoisotopic (exact) mass is 502 g/mol. The minimum atomic E-state index is 0.146. The van der Waals surface area contributed by atoms with Crippen LogP contribution in [0.4, 0.5) is 11.6 Å². The van der Waals surface area contributed by atoms with E-state index in [9.17, 15) is 9.59 Å². The van der Waals surface area contributed by atoms with Gasteiger partial charge in [0.1, 0.15) is 12.1 Å². The number of ketones is 1. The van der Waals surface area contributed by atoms with Gasteiger partial charge in [-0.15, -0.1) is 21.5 Å². The topological polar surface area (TPSA) is 93.0 Å². The van der Waals surface area contributed by atoms with Gasteiger partial charge in [-0.2, -0.15) is 0 Å². The summed E-state index contributed by atoms with van der Waals surface area (Å²) in [6, 6.07) is 3.98.